The molecule has 1 aliphatic carbocycles. The smallest absolute Gasteiger partial charge is 0.311 e. The van der Waals surface area contributed by atoms with Gasteiger partial charge in [0.1, 0.15) is 4.88 Å². The molecule has 98 valence electrons. The molecule has 0 aromatic carbocycles. The number of halogens is 1. The minimum Gasteiger partial charge on any atom is -0.481 e. The van der Waals surface area contributed by atoms with Crippen molar-refractivity contribution in [1.82, 2.24) is 5.32 Å². The van der Waals surface area contributed by atoms with E-state index in [-0.39, 0.29) is 12.5 Å². The van der Waals surface area contributed by atoms with Crippen LogP contribution >= 0.6 is 22.9 Å². The maximum absolute atomic E-state index is 11.9. The lowest BCUT2D eigenvalue weighted by Gasteiger charge is -2.23. The molecule has 1 saturated carbocycles. The minimum atomic E-state index is -0.822. The Labute approximate surface area is 114 Å². The zero-order valence-corrected chi connectivity index (χ0v) is 11.3. The molecule has 0 atom stereocenters. The summed E-state index contributed by atoms with van der Waals surface area (Å²) in [6.45, 7) is 0.176. The van der Waals surface area contributed by atoms with Crippen LogP contribution in [0.3, 0.4) is 0 Å². The van der Waals surface area contributed by atoms with Crippen LogP contribution in [0.4, 0.5) is 0 Å². The van der Waals surface area contributed by atoms with Gasteiger partial charge in [0.2, 0.25) is 0 Å². The summed E-state index contributed by atoms with van der Waals surface area (Å²) in [5, 5.41) is 14.1. The molecule has 0 unspecified atom stereocenters. The Hall–Kier alpha value is -1.07. The highest BCUT2D eigenvalue weighted by molar-refractivity contribution is 7.12. The minimum absolute atomic E-state index is 0.176. The Bertz CT molecular complexity index is 466. The molecule has 6 heteroatoms. The fourth-order valence-corrected chi connectivity index (χ4v) is 3.36. The van der Waals surface area contributed by atoms with Crippen molar-refractivity contribution >= 4 is 34.8 Å². The summed E-state index contributed by atoms with van der Waals surface area (Å²) in [6, 6.07) is 1.66. The lowest BCUT2D eigenvalue weighted by molar-refractivity contribution is -0.148. The van der Waals surface area contributed by atoms with Gasteiger partial charge in [0.15, 0.2) is 0 Å². The molecular formula is C12H14ClNO3S. The second kappa shape index (κ2) is 5.28. The Morgan fingerprint density at radius 1 is 1.44 bits per heavy atom. The number of aliphatic carboxylic acids is 1. The Morgan fingerprint density at radius 2 is 2.11 bits per heavy atom. The number of carbonyl (C=O) groups excluding carboxylic acids is 1. The van der Waals surface area contributed by atoms with Gasteiger partial charge in [-0.3, -0.25) is 9.59 Å². The zero-order chi connectivity index (χ0) is 13.2. The predicted octanol–water partition coefficient (Wildman–Crippen LogP) is 2.78. The topological polar surface area (TPSA) is 66.4 Å². The summed E-state index contributed by atoms with van der Waals surface area (Å²) in [5.74, 6) is -1.11. The van der Waals surface area contributed by atoms with Crippen molar-refractivity contribution in [2.24, 2.45) is 5.41 Å². The van der Waals surface area contributed by atoms with Gasteiger partial charge in [0, 0.05) is 6.54 Å². The SMILES string of the molecule is O=C(NCC1(C(=O)O)CCCC1)c1sccc1Cl. The van der Waals surface area contributed by atoms with Crippen LogP contribution in [0, 0.1) is 5.41 Å². The van der Waals surface area contributed by atoms with Crippen molar-refractivity contribution in [3.05, 3.63) is 21.3 Å². The van der Waals surface area contributed by atoms with E-state index in [1.165, 1.54) is 11.3 Å². The van der Waals surface area contributed by atoms with Crippen LogP contribution in [-0.2, 0) is 4.79 Å². The molecule has 0 radical (unpaired) electrons. The molecule has 1 fully saturated rings. The molecular weight excluding hydrogens is 274 g/mol. The third-order valence-corrected chi connectivity index (χ3v) is 4.77. The largest absolute Gasteiger partial charge is 0.481 e. The summed E-state index contributed by atoms with van der Waals surface area (Å²) in [5.41, 5.74) is -0.792. The van der Waals surface area contributed by atoms with Crippen molar-refractivity contribution in [3.63, 3.8) is 0 Å². The lowest BCUT2D eigenvalue weighted by Crippen LogP contribution is -2.41. The van der Waals surface area contributed by atoms with Crippen LogP contribution < -0.4 is 5.32 Å². The summed E-state index contributed by atoms with van der Waals surface area (Å²) < 4.78 is 0. The molecule has 0 spiro atoms. The van der Waals surface area contributed by atoms with Crippen LogP contribution in [0.1, 0.15) is 35.4 Å². The standard InChI is InChI=1S/C12H14ClNO3S/c13-8-3-6-18-9(8)10(15)14-7-12(11(16)17)4-1-2-5-12/h3,6H,1-2,4-5,7H2,(H,14,15)(H,16,17). The summed E-state index contributed by atoms with van der Waals surface area (Å²) >= 11 is 7.12. The Balaban J connectivity index is 2.01. The van der Waals surface area contributed by atoms with E-state index in [1.807, 2.05) is 0 Å². The molecule has 1 aliphatic rings. The third kappa shape index (κ3) is 2.52. The summed E-state index contributed by atoms with van der Waals surface area (Å²) in [7, 11) is 0. The van der Waals surface area contributed by atoms with Crippen molar-refractivity contribution in [3.8, 4) is 0 Å². The van der Waals surface area contributed by atoms with Gasteiger partial charge in [0.05, 0.1) is 10.4 Å². The van der Waals surface area contributed by atoms with Crippen LogP contribution in [0.15, 0.2) is 11.4 Å². The van der Waals surface area contributed by atoms with E-state index in [9.17, 15) is 14.7 Å². The first-order valence-corrected chi connectivity index (χ1v) is 7.05. The second-order valence-corrected chi connectivity index (χ2v) is 5.90. The molecule has 1 aromatic rings. The first-order valence-electron chi connectivity index (χ1n) is 5.80. The number of carboxylic acids is 1. The monoisotopic (exact) mass is 287 g/mol. The van der Waals surface area contributed by atoms with Crippen LogP contribution in [0.2, 0.25) is 5.02 Å². The van der Waals surface area contributed by atoms with E-state index in [2.05, 4.69) is 5.32 Å². The van der Waals surface area contributed by atoms with Gasteiger partial charge >= 0.3 is 5.97 Å². The van der Waals surface area contributed by atoms with Crippen molar-refractivity contribution in [1.29, 1.82) is 0 Å². The molecule has 1 heterocycles. The number of hydrogen-bond donors (Lipinski definition) is 2. The first kappa shape index (κ1) is 13.4. The fourth-order valence-electron chi connectivity index (χ4n) is 2.30. The molecule has 1 amide bonds. The van der Waals surface area contributed by atoms with Crippen LogP contribution in [0.25, 0.3) is 0 Å². The highest BCUT2D eigenvalue weighted by Crippen LogP contribution is 2.37. The maximum Gasteiger partial charge on any atom is 0.311 e. The van der Waals surface area contributed by atoms with E-state index >= 15 is 0 Å². The van der Waals surface area contributed by atoms with Crippen molar-refractivity contribution < 1.29 is 14.7 Å². The van der Waals surface area contributed by atoms with E-state index in [0.29, 0.717) is 22.7 Å². The van der Waals surface area contributed by atoms with Gasteiger partial charge in [-0.25, -0.2) is 0 Å². The number of hydrogen-bond acceptors (Lipinski definition) is 3. The Kier molecular flexibility index (Phi) is 3.92. The Morgan fingerprint density at radius 3 is 2.61 bits per heavy atom. The maximum atomic E-state index is 11.9. The number of rotatable bonds is 4. The lowest BCUT2D eigenvalue weighted by atomic mass is 9.86. The van der Waals surface area contributed by atoms with E-state index in [4.69, 9.17) is 11.6 Å². The van der Waals surface area contributed by atoms with Gasteiger partial charge in [0.25, 0.3) is 5.91 Å². The molecule has 0 aliphatic heterocycles. The van der Waals surface area contributed by atoms with Gasteiger partial charge < -0.3 is 10.4 Å². The predicted molar refractivity (Wildman–Crippen MR) is 70.2 cm³/mol. The highest BCUT2D eigenvalue weighted by Gasteiger charge is 2.41. The van der Waals surface area contributed by atoms with Gasteiger partial charge in [-0.2, -0.15) is 0 Å². The molecule has 1 aromatic heterocycles. The molecule has 0 saturated heterocycles. The summed E-state index contributed by atoms with van der Waals surface area (Å²) in [6.07, 6.45) is 3.06. The molecule has 0 bridgehead atoms. The van der Waals surface area contributed by atoms with E-state index in [0.717, 1.165) is 12.8 Å². The van der Waals surface area contributed by atoms with E-state index in [1.54, 1.807) is 11.4 Å². The number of amides is 1. The van der Waals surface area contributed by atoms with Crippen LogP contribution in [-0.4, -0.2) is 23.5 Å². The second-order valence-electron chi connectivity index (χ2n) is 4.57. The van der Waals surface area contributed by atoms with Gasteiger partial charge in [-0.05, 0) is 24.3 Å². The van der Waals surface area contributed by atoms with E-state index < -0.39 is 11.4 Å². The summed E-state index contributed by atoms with van der Waals surface area (Å²) in [4.78, 5) is 23.6. The normalized spacial score (nSPS) is 17.6. The first-order chi connectivity index (χ1) is 8.55. The number of thiophene rings is 1. The molecule has 2 rings (SSSR count). The number of carbonyl (C=O) groups is 2. The third-order valence-electron chi connectivity index (χ3n) is 3.43. The fraction of sp³-hybridized carbons (Fsp3) is 0.500. The molecule has 4 nitrogen and oxygen atoms in total. The quantitative estimate of drug-likeness (QED) is 0.895. The van der Waals surface area contributed by atoms with Crippen molar-refractivity contribution in [2.75, 3.05) is 6.54 Å². The molecule has 18 heavy (non-hydrogen) atoms. The van der Waals surface area contributed by atoms with Crippen molar-refractivity contribution in [2.45, 2.75) is 25.7 Å². The average Bonchev–Trinajstić information content (AvgIpc) is 2.95. The average molecular weight is 288 g/mol. The van der Waals surface area contributed by atoms with Gasteiger partial charge in [-0.15, -0.1) is 11.3 Å². The highest BCUT2D eigenvalue weighted by atomic mass is 35.5. The zero-order valence-electron chi connectivity index (χ0n) is 9.74. The number of nitrogens with one attached hydrogen (secondary N) is 1. The molecule has 2 N–H and O–H groups in total. The number of carboxylic acid groups (broad SMARTS) is 1. The van der Waals surface area contributed by atoms with Gasteiger partial charge in [-0.1, -0.05) is 24.4 Å². The van der Waals surface area contributed by atoms with Crippen LogP contribution in [0.5, 0.6) is 0 Å².